The van der Waals surface area contributed by atoms with Crippen LogP contribution >= 0.6 is 15.9 Å². The number of rotatable bonds is 11. The van der Waals surface area contributed by atoms with E-state index in [9.17, 15) is 18.0 Å². The zero-order chi connectivity index (χ0) is 30.3. The second-order valence-electron chi connectivity index (χ2n) is 10.1. The van der Waals surface area contributed by atoms with E-state index in [1.165, 1.54) is 24.1 Å². The number of sulfonamides is 1. The maximum absolute atomic E-state index is 14.3. The number of aryl methyl sites for hydroxylation is 2. The van der Waals surface area contributed by atoms with E-state index in [2.05, 4.69) is 21.2 Å². The molecule has 0 spiro atoms. The van der Waals surface area contributed by atoms with E-state index in [0.29, 0.717) is 10.2 Å². The number of amides is 2. The summed E-state index contributed by atoms with van der Waals surface area (Å²) in [6.45, 7) is 3.48. The Morgan fingerprint density at radius 2 is 1.43 bits per heavy atom. The first-order chi connectivity index (χ1) is 20.1. The molecule has 1 atom stereocenters. The van der Waals surface area contributed by atoms with Crippen molar-refractivity contribution in [1.29, 1.82) is 0 Å². The molecular formula is C33H34BrN3O4S. The van der Waals surface area contributed by atoms with Crippen molar-refractivity contribution in [3.05, 3.63) is 130 Å². The van der Waals surface area contributed by atoms with Crippen molar-refractivity contribution in [1.82, 2.24) is 10.2 Å². The SMILES string of the molecule is CNC(=O)[C@H](Cc1ccccc1)N(Cc1ccc(C)cc1)C(=O)CN(c1cccc(Br)c1)S(=O)(=O)c1ccc(C)cc1. The fraction of sp³-hybridized carbons (Fsp3) is 0.212. The van der Waals surface area contributed by atoms with Gasteiger partial charge in [-0.15, -0.1) is 0 Å². The Hall–Kier alpha value is -3.95. The standard InChI is InChI=1S/C33H34BrN3O4S/c1-24-12-16-27(17-13-24)22-36(31(33(39)35-3)20-26-8-5-4-6-9-26)32(38)23-37(29-11-7-10-28(34)21-29)42(40,41)30-18-14-25(2)15-19-30/h4-19,21,31H,20,22-23H2,1-3H3,(H,35,39)/t31-/m0/s1. The molecule has 2 amide bonds. The topological polar surface area (TPSA) is 86.8 Å². The lowest BCUT2D eigenvalue weighted by Crippen LogP contribution is -2.53. The first-order valence-electron chi connectivity index (χ1n) is 13.5. The molecule has 0 aliphatic rings. The molecule has 1 N–H and O–H groups in total. The lowest BCUT2D eigenvalue weighted by atomic mass is 10.0. The summed E-state index contributed by atoms with van der Waals surface area (Å²) in [5.41, 5.74) is 4.01. The Kier molecular flexibility index (Phi) is 10.2. The molecule has 4 rings (SSSR count). The molecule has 0 aromatic heterocycles. The maximum Gasteiger partial charge on any atom is 0.264 e. The van der Waals surface area contributed by atoms with Crippen LogP contribution in [0.1, 0.15) is 22.3 Å². The molecule has 0 aliphatic heterocycles. The van der Waals surface area contributed by atoms with Crippen molar-refractivity contribution in [2.45, 2.75) is 37.8 Å². The van der Waals surface area contributed by atoms with Gasteiger partial charge in [-0.25, -0.2) is 8.42 Å². The van der Waals surface area contributed by atoms with Crippen LogP contribution in [0, 0.1) is 13.8 Å². The number of hydrogen-bond donors (Lipinski definition) is 1. The Morgan fingerprint density at radius 3 is 2.02 bits per heavy atom. The van der Waals surface area contributed by atoms with Crippen LogP contribution < -0.4 is 9.62 Å². The van der Waals surface area contributed by atoms with Crippen molar-refractivity contribution in [2.75, 3.05) is 17.9 Å². The molecule has 218 valence electrons. The van der Waals surface area contributed by atoms with Crippen LogP contribution in [-0.2, 0) is 32.6 Å². The summed E-state index contributed by atoms with van der Waals surface area (Å²) in [5.74, 6) is -0.842. The molecule has 0 bridgehead atoms. The fourth-order valence-corrected chi connectivity index (χ4v) is 6.40. The van der Waals surface area contributed by atoms with Crippen molar-refractivity contribution in [3.8, 4) is 0 Å². The maximum atomic E-state index is 14.3. The minimum Gasteiger partial charge on any atom is -0.357 e. The minimum atomic E-state index is -4.14. The van der Waals surface area contributed by atoms with Crippen LogP contribution in [0.25, 0.3) is 0 Å². The third-order valence-electron chi connectivity index (χ3n) is 6.98. The van der Waals surface area contributed by atoms with Gasteiger partial charge in [-0.1, -0.05) is 99.9 Å². The smallest absolute Gasteiger partial charge is 0.264 e. The molecule has 4 aromatic carbocycles. The molecule has 0 heterocycles. The molecule has 0 unspecified atom stereocenters. The lowest BCUT2D eigenvalue weighted by Gasteiger charge is -2.33. The summed E-state index contributed by atoms with van der Waals surface area (Å²) < 4.78 is 29.8. The largest absolute Gasteiger partial charge is 0.357 e. The van der Waals surface area contributed by atoms with Crippen molar-refractivity contribution >= 4 is 43.5 Å². The number of carbonyl (C=O) groups is 2. The van der Waals surface area contributed by atoms with E-state index < -0.39 is 28.5 Å². The molecule has 0 radical (unpaired) electrons. The highest BCUT2D eigenvalue weighted by Crippen LogP contribution is 2.27. The number of anilines is 1. The Balaban J connectivity index is 1.78. The first-order valence-corrected chi connectivity index (χ1v) is 15.8. The minimum absolute atomic E-state index is 0.0677. The zero-order valence-corrected chi connectivity index (χ0v) is 26.2. The second kappa shape index (κ2) is 13.8. The number of nitrogens with one attached hydrogen (secondary N) is 1. The van der Waals surface area contributed by atoms with Gasteiger partial charge in [0.05, 0.1) is 10.6 Å². The molecule has 0 saturated carbocycles. The summed E-state index contributed by atoms with van der Waals surface area (Å²) in [6, 6.07) is 29.6. The third-order valence-corrected chi connectivity index (χ3v) is 9.26. The van der Waals surface area contributed by atoms with Crippen LogP contribution in [0.2, 0.25) is 0 Å². The van der Waals surface area contributed by atoms with Gasteiger partial charge in [0, 0.05) is 24.5 Å². The van der Waals surface area contributed by atoms with Gasteiger partial charge in [0.1, 0.15) is 12.6 Å². The van der Waals surface area contributed by atoms with Crippen molar-refractivity contribution in [3.63, 3.8) is 0 Å². The number of likely N-dealkylation sites (N-methyl/N-ethyl adjacent to an activating group) is 1. The molecule has 42 heavy (non-hydrogen) atoms. The number of benzene rings is 4. The molecule has 7 nitrogen and oxygen atoms in total. The number of carbonyl (C=O) groups excluding carboxylic acids is 2. The van der Waals surface area contributed by atoms with Crippen LogP contribution in [0.15, 0.2) is 112 Å². The highest BCUT2D eigenvalue weighted by atomic mass is 79.9. The Labute approximate surface area is 256 Å². The van der Waals surface area contributed by atoms with Crippen LogP contribution in [0.5, 0.6) is 0 Å². The lowest BCUT2D eigenvalue weighted by molar-refractivity contribution is -0.139. The van der Waals surface area contributed by atoms with Crippen LogP contribution in [0.4, 0.5) is 5.69 Å². The summed E-state index contributed by atoms with van der Waals surface area (Å²) in [5, 5.41) is 2.70. The van der Waals surface area contributed by atoms with Crippen molar-refractivity contribution in [2.24, 2.45) is 0 Å². The summed E-state index contributed by atoms with van der Waals surface area (Å²) >= 11 is 3.43. The van der Waals surface area contributed by atoms with E-state index >= 15 is 0 Å². The van der Waals surface area contributed by atoms with Gasteiger partial charge in [0.15, 0.2) is 0 Å². The summed E-state index contributed by atoms with van der Waals surface area (Å²) in [4.78, 5) is 29.2. The van der Waals surface area contributed by atoms with Gasteiger partial charge < -0.3 is 10.2 Å². The van der Waals surface area contributed by atoms with Gasteiger partial charge in [0.2, 0.25) is 11.8 Å². The summed E-state index contributed by atoms with van der Waals surface area (Å²) in [6.07, 6.45) is 0.264. The predicted molar refractivity (Wildman–Crippen MR) is 170 cm³/mol. The van der Waals surface area contributed by atoms with Gasteiger partial charge in [-0.3, -0.25) is 13.9 Å². The molecule has 0 fully saturated rings. The molecule has 0 aliphatic carbocycles. The Bertz CT molecular complexity index is 1630. The normalized spacial score (nSPS) is 11.9. The quantitative estimate of drug-likeness (QED) is 0.228. The van der Waals surface area contributed by atoms with E-state index in [-0.39, 0.29) is 23.8 Å². The van der Waals surface area contributed by atoms with Gasteiger partial charge >= 0.3 is 0 Å². The molecular weight excluding hydrogens is 614 g/mol. The molecule has 4 aromatic rings. The van der Waals surface area contributed by atoms with E-state index in [1.807, 2.05) is 68.4 Å². The average molecular weight is 649 g/mol. The number of nitrogens with zero attached hydrogens (tertiary/aromatic N) is 2. The zero-order valence-electron chi connectivity index (χ0n) is 23.8. The van der Waals surface area contributed by atoms with Gasteiger partial charge in [-0.2, -0.15) is 0 Å². The van der Waals surface area contributed by atoms with E-state index in [4.69, 9.17) is 0 Å². The molecule has 9 heteroatoms. The average Bonchev–Trinajstić information content (AvgIpc) is 2.98. The Morgan fingerprint density at radius 1 is 0.810 bits per heavy atom. The van der Waals surface area contributed by atoms with E-state index in [1.54, 1.807) is 36.4 Å². The van der Waals surface area contributed by atoms with Gasteiger partial charge in [0.25, 0.3) is 10.0 Å². The third kappa shape index (κ3) is 7.66. The summed E-state index contributed by atoms with van der Waals surface area (Å²) in [7, 11) is -2.61. The first kappa shape index (κ1) is 31.0. The molecule has 0 saturated heterocycles. The van der Waals surface area contributed by atoms with Crippen LogP contribution in [0.3, 0.4) is 0 Å². The highest BCUT2D eigenvalue weighted by Gasteiger charge is 2.34. The van der Waals surface area contributed by atoms with Crippen molar-refractivity contribution < 1.29 is 18.0 Å². The van der Waals surface area contributed by atoms with Crippen LogP contribution in [-0.4, -0.2) is 44.8 Å². The highest BCUT2D eigenvalue weighted by molar-refractivity contribution is 9.10. The van der Waals surface area contributed by atoms with E-state index in [0.717, 1.165) is 26.6 Å². The number of halogens is 1. The predicted octanol–water partition coefficient (Wildman–Crippen LogP) is 5.65. The second-order valence-corrected chi connectivity index (χ2v) is 12.9. The number of hydrogen-bond acceptors (Lipinski definition) is 4. The fourth-order valence-electron chi connectivity index (χ4n) is 4.61. The monoisotopic (exact) mass is 647 g/mol. The van der Waals surface area contributed by atoms with Gasteiger partial charge in [-0.05, 0) is 55.3 Å².